The Kier molecular flexibility index (Phi) is 10.9. The van der Waals surface area contributed by atoms with Crippen molar-refractivity contribution in [2.45, 2.75) is 51.9 Å². The van der Waals surface area contributed by atoms with Gasteiger partial charge in [-0.1, -0.05) is 50.7 Å². The molecule has 0 amide bonds. The van der Waals surface area contributed by atoms with Crippen LogP contribution in [0.3, 0.4) is 0 Å². The molecule has 0 fully saturated rings. The molecule has 0 atom stereocenters. The van der Waals surface area contributed by atoms with Gasteiger partial charge < -0.3 is 10.2 Å². The first-order valence-corrected chi connectivity index (χ1v) is 6.68. The van der Waals surface area contributed by atoms with Gasteiger partial charge in [-0.05, 0) is 25.0 Å². The average Bonchev–Trinajstić information content (AvgIpc) is 2.35. The first-order valence-electron chi connectivity index (χ1n) is 6.68. The van der Waals surface area contributed by atoms with Crippen LogP contribution in [0.25, 0.3) is 0 Å². The fourth-order valence-electron chi connectivity index (χ4n) is 2.00. The summed E-state index contributed by atoms with van der Waals surface area (Å²) in [5.41, 5.74) is 0.834. The standard InChI is InChI=1S/C15H22O3.K/c1-2-3-4-5-6-7-8-12-11-13(15(17)18)9-10-14(12)16;/h9-11,16H,2-8H2,1H3,(H,17,18);/q;+1/p-1. The van der Waals surface area contributed by atoms with Gasteiger partial charge in [-0.25, -0.2) is 4.79 Å². The Morgan fingerprint density at radius 3 is 2.42 bits per heavy atom. The molecule has 1 aromatic rings. The minimum Gasteiger partial charge on any atom is -0.872 e. The Labute approximate surface area is 157 Å². The number of hydrogen-bond acceptors (Lipinski definition) is 2. The number of carbonyl (C=O) groups is 1. The van der Waals surface area contributed by atoms with Crippen molar-refractivity contribution >= 4 is 5.97 Å². The van der Waals surface area contributed by atoms with Crippen LogP contribution in [-0.4, -0.2) is 11.1 Å². The van der Waals surface area contributed by atoms with E-state index in [0.29, 0.717) is 12.0 Å². The third-order valence-corrected chi connectivity index (χ3v) is 3.11. The maximum absolute atomic E-state index is 11.6. The van der Waals surface area contributed by atoms with Crippen molar-refractivity contribution in [3.8, 4) is 5.75 Å². The maximum Gasteiger partial charge on any atom is 1.00 e. The summed E-state index contributed by atoms with van der Waals surface area (Å²) < 4.78 is 0. The van der Waals surface area contributed by atoms with Crippen LogP contribution in [0.1, 0.15) is 61.4 Å². The molecular weight excluding hydrogens is 267 g/mol. The smallest absolute Gasteiger partial charge is 0.872 e. The number of unbranched alkanes of at least 4 members (excludes halogenated alkanes) is 5. The van der Waals surface area contributed by atoms with E-state index < -0.39 is 5.97 Å². The summed E-state index contributed by atoms with van der Waals surface area (Å²) >= 11 is 0. The second-order valence-corrected chi connectivity index (χ2v) is 4.65. The van der Waals surface area contributed by atoms with Crippen molar-refractivity contribution in [3.63, 3.8) is 0 Å². The molecule has 1 aromatic carbocycles. The number of aromatic carboxylic acids is 1. The largest absolute Gasteiger partial charge is 1.00 e. The van der Waals surface area contributed by atoms with Gasteiger partial charge in [0.25, 0.3) is 0 Å². The zero-order valence-corrected chi connectivity index (χ0v) is 15.1. The molecule has 0 aromatic heterocycles. The van der Waals surface area contributed by atoms with Crippen molar-refractivity contribution in [2.24, 2.45) is 0 Å². The molecule has 0 spiro atoms. The van der Waals surface area contributed by atoms with Crippen LogP contribution in [0.15, 0.2) is 18.2 Å². The van der Waals surface area contributed by atoms with Gasteiger partial charge in [0.2, 0.25) is 0 Å². The Balaban J connectivity index is 0.00000324. The number of carboxylic acid groups (broad SMARTS) is 1. The van der Waals surface area contributed by atoms with Crippen molar-refractivity contribution < 1.29 is 66.4 Å². The van der Waals surface area contributed by atoms with Crippen LogP contribution in [0.2, 0.25) is 0 Å². The van der Waals surface area contributed by atoms with Crippen LogP contribution in [-0.2, 0) is 6.42 Å². The van der Waals surface area contributed by atoms with Gasteiger partial charge in [-0.3, -0.25) is 0 Å². The first-order chi connectivity index (χ1) is 8.65. The average molecular weight is 288 g/mol. The minimum atomic E-state index is -0.973. The van der Waals surface area contributed by atoms with E-state index in [-0.39, 0.29) is 62.7 Å². The van der Waals surface area contributed by atoms with Crippen LogP contribution in [0, 0.1) is 0 Å². The summed E-state index contributed by atoms with van der Waals surface area (Å²) in [5, 5.41) is 20.4. The molecule has 19 heavy (non-hydrogen) atoms. The van der Waals surface area contributed by atoms with E-state index in [1.54, 1.807) is 0 Å². The molecule has 0 saturated heterocycles. The molecule has 100 valence electrons. The fraction of sp³-hybridized carbons (Fsp3) is 0.533. The van der Waals surface area contributed by atoms with Gasteiger partial charge in [0.15, 0.2) is 0 Å². The van der Waals surface area contributed by atoms with E-state index >= 15 is 0 Å². The molecule has 0 aliphatic heterocycles. The Hall–Kier alpha value is 0.126. The third-order valence-electron chi connectivity index (χ3n) is 3.11. The van der Waals surface area contributed by atoms with Crippen molar-refractivity contribution in [2.75, 3.05) is 0 Å². The minimum absolute atomic E-state index is 0. The summed E-state index contributed by atoms with van der Waals surface area (Å²) in [6.45, 7) is 2.18. The molecule has 0 radical (unpaired) electrons. The fourth-order valence-corrected chi connectivity index (χ4v) is 2.00. The van der Waals surface area contributed by atoms with Crippen LogP contribution in [0.5, 0.6) is 5.75 Å². The second kappa shape index (κ2) is 10.9. The van der Waals surface area contributed by atoms with Crippen molar-refractivity contribution in [1.82, 2.24) is 0 Å². The van der Waals surface area contributed by atoms with E-state index in [4.69, 9.17) is 5.11 Å². The summed E-state index contributed by atoms with van der Waals surface area (Å²) in [5.74, 6) is -1.02. The molecule has 0 aliphatic carbocycles. The molecule has 4 heteroatoms. The topological polar surface area (TPSA) is 60.4 Å². The summed E-state index contributed by atoms with van der Waals surface area (Å²) in [6.07, 6.45) is 7.69. The van der Waals surface area contributed by atoms with Gasteiger partial charge in [0.1, 0.15) is 0 Å². The number of hydrogen-bond donors (Lipinski definition) is 1. The normalized spacial score (nSPS) is 9.95. The van der Waals surface area contributed by atoms with Crippen LogP contribution < -0.4 is 56.5 Å². The number of benzene rings is 1. The Morgan fingerprint density at radius 1 is 1.16 bits per heavy atom. The van der Waals surface area contributed by atoms with Crippen LogP contribution >= 0.6 is 0 Å². The maximum atomic E-state index is 11.6. The Morgan fingerprint density at radius 2 is 1.79 bits per heavy atom. The molecule has 0 saturated carbocycles. The van der Waals surface area contributed by atoms with E-state index in [1.807, 2.05) is 0 Å². The molecule has 0 bridgehead atoms. The predicted molar refractivity (Wildman–Crippen MR) is 69.9 cm³/mol. The van der Waals surface area contributed by atoms with Gasteiger partial charge >= 0.3 is 57.4 Å². The van der Waals surface area contributed by atoms with E-state index in [2.05, 4.69) is 6.92 Å². The summed E-state index contributed by atoms with van der Waals surface area (Å²) in [6, 6.07) is 4.24. The number of carboxylic acids is 1. The Bertz CT molecular complexity index is 391. The van der Waals surface area contributed by atoms with Crippen molar-refractivity contribution in [3.05, 3.63) is 29.3 Å². The molecule has 1 N–H and O–H groups in total. The molecule has 0 unspecified atom stereocenters. The number of rotatable bonds is 8. The summed E-state index contributed by atoms with van der Waals surface area (Å²) in [7, 11) is 0. The zero-order chi connectivity index (χ0) is 13.4. The second-order valence-electron chi connectivity index (χ2n) is 4.65. The SMILES string of the molecule is CCCCCCCCc1cc(C(=O)O)ccc1[O-].[K+]. The molecule has 3 nitrogen and oxygen atoms in total. The van der Waals surface area contributed by atoms with Crippen LogP contribution in [0.4, 0.5) is 0 Å². The van der Waals surface area contributed by atoms with Gasteiger partial charge in [0, 0.05) is 0 Å². The molecule has 1 rings (SSSR count). The quantitative estimate of drug-likeness (QED) is 0.555. The predicted octanol–water partition coefficient (Wildman–Crippen LogP) is 0.365. The first kappa shape index (κ1) is 19.1. The van der Waals surface area contributed by atoms with Gasteiger partial charge in [-0.15, -0.1) is 5.75 Å². The third kappa shape index (κ3) is 7.47. The van der Waals surface area contributed by atoms with E-state index in [0.717, 1.165) is 12.8 Å². The summed E-state index contributed by atoms with van der Waals surface area (Å²) in [4.78, 5) is 10.8. The number of aryl methyl sites for hydroxylation is 1. The molecule has 0 heterocycles. The van der Waals surface area contributed by atoms with Crippen molar-refractivity contribution in [1.29, 1.82) is 0 Å². The van der Waals surface area contributed by atoms with Gasteiger partial charge in [0.05, 0.1) is 5.56 Å². The zero-order valence-electron chi connectivity index (χ0n) is 11.9. The van der Waals surface area contributed by atoms with E-state index in [1.165, 1.54) is 43.9 Å². The monoisotopic (exact) mass is 288 g/mol. The molecule has 0 aliphatic rings. The molecular formula is C15H21KO3. The van der Waals surface area contributed by atoms with Gasteiger partial charge in [-0.2, -0.15) is 0 Å². The van der Waals surface area contributed by atoms with E-state index in [9.17, 15) is 9.90 Å².